The van der Waals surface area contributed by atoms with Crippen molar-refractivity contribution in [3.63, 3.8) is 0 Å². The van der Waals surface area contributed by atoms with Crippen LogP contribution in [-0.4, -0.2) is 22.7 Å². The monoisotopic (exact) mass is 326 g/mol. The minimum atomic E-state index is 0.312. The molecule has 0 aliphatic carbocycles. The molecule has 0 radical (unpaired) electrons. The largest absolute Gasteiger partial charge is 0.360 e. The predicted octanol–water partition coefficient (Wildman–Crippen LogP) is 3.86. The van der Waals surface area contributed by atoms with Crippen molar-refractivity contribution in [2.45, 2.75) is 32.7 Å². The van der Waals surface area contributed by atoms with E-state index in [2.05, 4.69) is 58.6 Å². The van der Waals surface area contributed by atoms with Gasteiger partial charge in [-0.3, -0.25) is 0 Å². The van der Waals surface area contributed by atoms with Gasteiger partial charge in [-0.05, 0) is 62.7 Å². The van der Waals surface area contributed by atoms with Crippen LogP contribution in [-0.2, 0) is 6.42 Å². The Balaban J connectivity index is 1.74. The van der Waals surface area contributed by atoms with Gasteiger partial charge in [-0.25, -0.2) is 4.98 Å². The summed E-state index contributed by atoms with van der Waals surface area (Å²) in [6.07, 6.45) is 4.13. The number of para-hydroxylation sites is 1. The number of hydrogen-bond donors (Lipinski definition) is 2. The second-order valence-corrected chi connectivity index (χ2v) is 6.45. The molecule has 23 heavy (non-hydrogen) atoms. The maximum Gasteiger partial charge on any atom is 0.171 e. The van der Waals surface area contributed by atoms with Gasteiger partial charge in [0, 0.05) is 18.3 Å². The number of benzene rings is 1. The van der Waals surface area contributed by atoms with Gasteiger partial charge in [0.1, 0.15) is 5.82 Å². The van der Waals surface area contributed by atoms with Crippen molar-refractivity contribution in [3.8, 4) is 0 Å². The summed E-state index contributed by atoms with van der Waals surface area (Å²) in [4.78, 5) is 6.89. The Morgan fingerprint density at radius 3 is 2.78 bits per heavy atom. The number of anilines is 3. The number of nitrogens with zero attached hydrogens (tertiary/aromatic N) is 2. The molecule has 1 aliphatic rings. The third-order valence-electron chi connectivity index (χ3n) is 3.81. The molecule has 2 N–H and O–H groups in total. The summed E-state index contributed by atoms with van der Waals surface area (Å²) in [7, 11) is 0. The lowest BCUT2D eigenvalue weighted by molar-refractivity contribution is 0.739. The van der Waals surface area contributed by atoms with Crippen molar-refractivity contribution < 1.29 is 0 Å². The van der Waals surface area contributed by atoms with E-state index in [1.54, 1.807) is 0 Å². The quantitative estimate of drug-likeness (QED) is 0.838. The number of pyridine rings is 1. The van der Waals surface area contributed by atoms with E-state index in [1.807, 2.05) is 18.3 Å². The molecule has 1 aromatic carbocycles. The highest BCUT2D eigenvalue weighted by molar-refractivity contribution is 7.80. The number of thiocarbonyl (C=S) groups is 1. The highest BCUT2D eigenvalue weighted by Gasteiger charge is 2.18. The molecule has 2 heterocycles. The minimum Gasteiger partial charge on any atom is -0.360 e. The Kier molecular flexibility index (Phi) is 4.76. The first-order valence-corrected chi connectivity index (χ1v) is 8.43. The summed E-state index contributed by atoms with van der Waals surface area (Å²) >= 11 is 5.26. The van der Waals surface area contributed by atoms with Gasteiger partial charge in [-0.15, -0.1) is 0 Å². The van der Waals surface area contributed by atoms with Crippen LogP contribution in [0.4, 0.5) is 17.2 Å². The molecule has 0 amide bonds. The second-order valence-electron chi connectivity index (χ2n) is 6.04. The van der Waals surface area contributed by atoms with E-state index in [0.29, 0.717) is 11.2 Å². The Labute approximate surface area is 142 Å². The number of rotatable bonds is 3. The highest BCUT2D eigenvalue weighted by atomic mass is 32.1. The fraction of sp³-hybridized carbons (Fsp3) is 0.333. The second kappa shape index (κ2) is 6.96. The predicted molar refractivity (Wildman–Crippen MR) is 100 cm³/mol. The summed E-state index contributed by atoms with van der Waals surface area (Å²) in [5, 5.41) is 6.95. The lowest BCUT2D eigenvalue weighted by Gasteiger charge is -2.30. The Bertz CT molecular complexity index is 682. The average molecular weight is 326 g/mol. The van der Waals surface area contributed by atoms with Crippen LogP contribution >= 0.6 is 12.2 Å². The topological polar surface area (TPSA) is 40.2 Å². The zero-order valence-corrected chi connectivity index (χ0v) is 14.4. The summed E-state index contributed by atoms with van der Waals surface area (Å²) in [6, 6.07) is 12.9. The minimum absolute atomic E-state index is 0.312. The van der Waals surface area contributed by atoms with Crippen LogP contribution in [0.5, 0.6) is 0 Å². The molecule has 4 nitrogen and oxygen atoms in total. The van der Waals surface area contributed by atoms with E-state index in [0.717, 1.165) is 30.9 Å². The zero-order chi connectivity index (χ0) is 16.2. The van der Waals surface area contributed by atoms with Gasteiger partial charge in [0.25, 0.3) is 0 Å². The summed E-state index contributed by atoms with van der Waals surface area (Å²) in [5.41, 5.74) is 3.56. The molecule has 0 bridgehead atoms. The van der Waals surface area contributed by atoms with Crippen molar-refractivity contribution in [2.24, 2.45) is 0 Å². The number of nitrogens with one attached hydrogen (secondary N) is 2. The zero-order valence-electron chi connectivity index (χ0n) is 13.5. The third-order valence-corrected chi connectivity index (χ3v) is 4.03. The molecule has 0 fully saturated rings. The van der Waals surface area contributed by atoms with Gasteiger partial charge in [0.05, 0.1) is 11.9 Å². The first kappa shape index (κ1) is 15.7. The molecule has 3 rings (SSSR count). The van der Waals surface area contributed by atoms with Gasteiger partial charge in [-0.2, -0.15) is 0 Å². The van der Waals surface area contributed by atoms with Crippen molar-refractivity contribution in [1.29, 1.82) is 0 Å². The van der Waals surface area contributed by atoms with E-state index in [-0.39, 0.29) is 0 Å². The Morgan fingerprint density at radius 1 is 1.22 bits per heavy atom. The average Bonchev–Trinajstić information content (AvgIpc) is 2.54. The molecule has 2 aromatic rings. The van der Waals surface area contributed by atoms with Crippen LogP contribution in [0.25, 0.3) is 0 Å². The maximum atomic E-state index is 5.26. The van der Waals surface area contributed by atoms with Gasteiger partial charge in [-0.1, -0.05) is 18.2 Å². The van der Waals surface area contributed by atoms with Crippen molar-refractivity contribution in [2.75, 3.05) is 16.8 Å². The summed E-state index contributed by atoms with van der Waals surface area (Å²) in [5.74, 6) is 0.977. The smallest absolute Gasteiger partial charge is 0.171 e. The molecular formula is C18H22N4S. The Morgan fingerprint density at radius 2 is 2.04 bits per heavy atom. The molecule has 120 valence electrons. The fourth-order valence-electron chi connectivity index (χ4n) is 2.82. The van der Waals surface area contributed by atoms with Crippen LogP contribution in [0.15, 0.2) is 42.6 Å². The SMILES string of the molecule is CC(C)NC(=S)Nc1ccc(N2CCCc3ccccc32)nc1. The van der Waals surface area contributed by atoms with Crippen molar-refractivity contribution in [3.05, 3.63) is 48.2 Å². The Hall–Kier alpha value is -2.14. The van der Waals surface area contributed by atoms with Crippen LogP contribution in [0.3, 0.4) is 0 Å². The molecule has 0 atom stereocenters. The highest BCUT2D eigenvalue weighted by Crippen LogP contribution is 2.32. The van der Waals surface area contributed by atoms with E-state index >= 15 is 0 Å². The van der Waals surface area contributed by atoms with Crippen LogP contribution in [0.2, 0.25) is 0 Å². The molecule has 0 spiro atoms. The molecule has 5 heteroatoms. The van der Waals surface area contributed by atoms with Gasteiger partial charge in [0.15, 0.2) is 5.11 Å². The molecular weight excluding hydrogens is 304 g/mol. The van der Waals surface area contributed by atoms with E-state index in [4.69, 9.17) is 12.2 Å². The van der Waals surface area contributed by atoms with Crippen LogP contribution in [0, 0.1) is 0 Å². The lowest BCUT2D eigenvalue weighted by Crippen LogP contribution is -2.33. The van der Waals surface area contributed by atoms with E-state index in [9.17, 15) is 0 Å². The molecule has 0 unspecified atom stereocenters. The number of hydrogen-bond acceptors (Lipinski definition) is 3. The molecule has 1 aliphatic heterocycles. The first-order chi connectivity index (χ1) is 11.1. The fourth-order valence-corrected chi connectivity index (χ4v) is 3.17. The number of aromatic nitrogens is 1. The van der Waals surface area contributed by atoms with Crippen molar-refractivity contribution in [1.82, 2.24) is 10.3 Å². The van der Waals surface area contributed by atoms with Gasteiger partial charge < -0.3 is 15.5 Å². The molecule has 0 saturated carbocycles. The van der Waals surface area contributed by atoms with Gasteiger partial charge >= 0.3 is 0 Å². The van der Waals surface area contributed by atoms with E-state index in [1.165, 1.54) is 11.3 Å². The summed E-state index contributed by atoms with van der Waals surface area (Å²) < 4.78 is 0. The first-order valence-electron chi connectivity index (χ1n) is 8.02. The molecule has 0 saturated heterocycles. The van der Waals surface area contributed by atoms with Crippen LogP contribution in [0.1, 0.15) is 25.8 Å². The normalized spacial score (nSPS) is 13.6. The summed E-state index contributed by atoms with van der Waals surface area (Å²) in [6.45, 7) is 5.12. The number of fused-ring (bicyclic) bond motifs is 1. The lowest BCUT2D eigenvalue weighted by atomic mass is 10.0. The standard InChI is InChI=1S/C18H22N4S/c1-13(2)20-18(23)21-15-9-10-17(19-12-15)22-11-5-7-14-6-3-4-8-16(14)22/h3-4,6,8-10,12-13H,5,7,11H2,1-2H3,(H2,20,21,23). The number of aryl methyl sites for hydroxylation is 1. The third kappa shape index (κ3) is 3.79. The van der Waals surface area contributed by atoms with Crippen LogP contribution < -0.4 is 15.5 Å². The van der Waals surface area contributed by atoms with Crippen molar-refractivity contribution >= 4 is 34.5 Å². The van der Waals surface area contributed by atoms with E-state index < -0.39 is 0 Å². The maximum absolute atomic E-state index is 5.26. The molecule has 1 aromatic heterocycles. The van der Waals surface area contributed by atoms with Gasteiger partial charge in [0.2, 0.25) is 0 Å².